The van der Waals surface area contributed by atoms with Crippen molar-refractivity contribution in [2.75, 3.05) is 49.6 Å². The van der Waals surface area contributed by atoms with Crippen LogP contribution in [0.4, 0.5) is 11.4 Å². The van der Waals surface area contributed by atoms with E-state index >= 15 is 0 Å². The van der Waals surface area contributed by atoms with Crippen LogP contribution in [0.15, 0.2) is 59.7 Å². The van der Waals surface area contributed by atoms with Gasteiger partial charge in [-0.15, -0.1) is 0 Å². The van der Waals surface area contributed by atoms with Gasteiger partial charge in [0.1, 0.15) is 0 Å². The van der Waals surface area contributed by atoms with E-state index < -0.39 is 0 Å². The van der Waals surface area contributed by atoms with Crippen LogP contribution >= 0.6 is 0 Å². The standard InChI is InChI=1S/C28H37N3O/c1-6-30(7-2)26-14-10-22(11-15-26)18-24-20-25(28(32)29(5)21-24)19-23-12-16-27(17-13-23)31(8-3)9-4/h10-19H,6-9,20-21H2,1-5H3. The first-order chi connectivity index (χ1) is 15.5. The minimum Gasteiger partial charge on any atom is -0.372 e. The van der Waals surface area contributed by atoms with E-state index in [2.05, 4.69) is 92.1 Å². The van der Waals surface area contributed by atoms with Gasteiger partial charge >= 0.3 is 0 Å². The Balaban J connectivity index is 1.79. The van der Waals surface area contributed by atoms with E-state index in [0.29, 0.717) is 13.0 Å². The lowest BCUT2D eigenvalue weighted by molar-refractivity contribution is -0.126. The van der Waals surface area contributed by atoms with Gasteiger partial charge < -0.3 is 14.7 Å². The Labute approximate surface area is 193 Å². The molecule has 0 aliphatic carbocycles. The van der Waals surface area contributed by atoms with Gasteiger partial charge in [-0.25, -0.2) is 0 Å². The molecule has 1 aliphatic heterocycles. The van der Waals surface area contributed by atoms with Crippen LogP contribution < -0.4 is 9.80 Å². The summed E-state index contributed by atoms with van der Waals surface area (Å²) in [5.74, 6) is 0.117. The second kappa shape index (κ2) is 11.0. The van der Waals surface area contributed by atoms with Crippen molar-refractivity contribution in [3.63, 3.8) is 0 Å². The monoisotopic (exact) mass is 431 g/mol. The molecular formula is C28H37N3O. The Morgan fingerprint density at radius 2 is 1.19 bits per heavy atom. The Morgan fingerprint density at radius 3 is 1.62 bits per heavy atom. The number of rotatable bonds is 8. The van der Waals surface area contributed by atoms with Gasteiger partial charge in [-0.2, -0.15) is 0 Å². The SMILES string of the molecule is CCN(CC)c1ccc(C=C2CC(=Cc3ccc(N(CC)CC)cc3)C(=O)N(C)C2)cc1. The third kappa shape index (κ3) is 5.61. The van der Waals surface area contributed by atoms with E-state index in [1.165, 1.54) is 22.5 Å². The molecule has 170 valence electrons. The molecule has 1 aliphatic rings. The molecule has 0 saturated carbocycles. The predicted octanol–water partition coefficient (Wildman–Crippen LogP) is 5.71. The average Bonchev–Trinajstić information content (AvgIpc) is 2.81. The third-order valence-corrected chi connectivity index (χ3v) is 6.23. The van der Waals surface area contributed by atoms with Crippen molar-refractivity contribution >= 4 is 29.4 Å². The molecule has 3 rings (SSSR count). The molecule has 0 bridgehead atoms. The van der Waals surface area contributed by atoms with Crippen LogP contribution in [0.1, 0.15) is 45.2 Å². The zero-order valence-corrected chi connectivity index (χ0v) is 20.3. The lowest BCUT2D eigenvalue weighted by atomic mass is 9.95. The number of hydrogen-bond donors (Lipinski definition) is 0. The van der Waals surface area contributed by atoms with Crippen LogP contribution in [-0.4, -0.2) is 50.6 Å². The first kappa shape index (κ1) is 23.6. The third-order valence-electron chi connectivity index (χ3n) is 6.23. The number of likely N-dealkylation sites (tertiary alicyclic amines) is 1. The number of anilines is 2. The summed E-state index contributed by atoms with van der Waals surface area (Å²) >= 11 is 0. The van der Waals surface area contributed by atoms with E-state index in [0.717, 1.165) is 37.3 Å². The van der Waals surface area contributed by atoms with Crippen molar-refractivity contribution in [1.82, 2.24) is 4.90 Å². The summed E-state index contributed by atoms with van der Waals surface area (Å²) in [5, 5.41) is 0. The van der Waals surface area contributed by atoms with Crippen molar-refractivity contribution in [2.24, 2.45) is 0 Å². The second-order valence-electron chi connectivity index (χ2n) is 8.34. The summed E-state index contributed by atoms with van der Waals surface area (Å²) in [6, 6.07) is 17.2. The highest BCUT2D eigenvalue weighted by Crippen LogP contribution is 2.26. The maximum absolute atomic E-state index is 12.8. The largest absolute Gasteiger partial charge is 0.372 e. The van der Waals surface area contributed by atoms with Crippen molar-refractivity contribution in [3.8, 4) is 0 Å². The molecule has 4 nitrogen and oxygen atoms in total. The number of amides is 1. The lowest BCUT2D eigenvalue weighted by Gasteiger charge is -2.27. The maximum Gasteiger partial charge on any atom is 0.250 e. The van der Waals surface area contributed by atoms with E-state index in [9.17, 15) is 4.79 Å². The minimum absolute atomic E-state index is 0.117. The number of benzene rings is 2. The van der Waals surface area contributed by atoms with Gasteiger partial charge in [0.2, 0.25) is 5.91 Å². The Morgan fingerprint density at radius 1 is 0.750 bits per heavy atom. The van der Waals surface area contributed by atoms with Gasteiger partial charge in [0, 0.05) is 63.1 Å². The summed E-state index contributed by atoms with van der Waals surface area (Å²) in [6.07, 6.45) is 4.96. The molecule has 1 amide bonds. The molecule has 0 aromatic heterocycles. The van der Waals surface area contributed by atoms with E-state index in [1.807, 2.05) is 18.0 Å². The van der Waals surface area contributed by atoms with Gasteiger partial charge in [0.05, 0.1) is 0 Å². The van der Waals surface area contributed by atoms with Crippen LogP contribution in [0.25, 0.3) is 12.2 Å². The molecule has 2 aromatic rings. The van der Waals surface area contributed by atoms with Crippen LogP contribution in [0, 0.1) is 0 Å². The summed E-state index contributed by atoms with van der Waals surface area (Å²) in [7, 11) is 1.89. The van der Waals surface area contributed by atoms with Crippen LogP contribution in [0.2, 0.25) is 0 Å². The van der Waals surface area contributed by atoms with Crippen LogP contribution in [0.3, 0.4) is 0 Å². The minimum atomic E-state index is 0.117. The van der Waals surface area contributed by atoms with Gasteiger partial charge in [-0.3, -0.25) is 4.79 Å². The van der Waals surface area contributed by atoms with Crippen molar-refractivity contribution in [2.45, 2.75) is 34.1 Å². The second-order valence-corrected chi connectivity index (χ2v) is 8.34. The van der Waals surface area contributed by atoms with Crippen molar-refractivity contribution in [1.29, 1.82) is 0 Å². The quantitative estimate of drug-likeness (QED) is 0.501. The van der Waals surface area contributed by atoms with E-state index in [4.69, 9.17) is 0 Å². The number of carbonyl (C=O) groups excluding carboxylic acids is 1. The highest BCUT2D eigenvalue weighted by molar-refractivity contribution is 5.99. The summed E-state index contributed by atoms with van der Waals surface area (Å²) < 4.78 is 0. The average molecular weight is 432 g/mol. The smallest absolute Gasteiger partial charge is 0.250 e. The fourth-order valence-corrected chi connectivity index (χ4v) is 4.38. The molecule has 2 aromatic carbocycles. The van der Waals surface area contributed by atoms with Gasteiger partial charge in [-0.1, -0.05) is 30.3 Å². The summed E-state index contributed by atoms with van der Waals surface area (Å²) in [4.78, 5) is 19.3. The Hall–Kier alpha value is -3.01. The van der Waals surface area contributed by atoms with Gasteiger partial charge in [0.15, 0.2) is 0 Å². The molecule has 4 heteroatoms. The molecule has 1 saturated heterocycles. The van der Waals surface area contributed by atoms with Gasteiger partial charge in [-0.05, 0) is 74.7 Å². The molecule has 0 spiro atoms. The molecule has 0 radical (unpaired) electrons. The number of nitrogens with zero attached hydrogens (tertiary/aromatic N) is 3. The van der Waals surface area contributed by atoms with Crippen molar-refractivity contribution in [3.05, 3.63) is 70.8 Å². The number of hydrogen-bond acceptors (Lipinski definition) is 3. The lowest BCUT2D eigenvalue weighted by Crippen LogP contribution is -2.34. The Kier molecular flexibility index (Phi) is 8.15. The fourth-order valence-electron chi connectivity index (χ4n) is 4.38. The van der Waals surface area contributed by atoms with E-state index in [-0.39, 0.29) is 5.91 Å². The normalized spacial score (nSPS) is 16.7. The first-order valence-electron chi connectivity index (χ1n) is 11.8. The molecule has 1 heterocycles. The Bertz CT molecular complexity index is 949. The fraction of sp³-hybridized carbons (Fsp3) is 0.393. The van der Waals surface area contributed by atoms with Crippen molar-refractivity contribution < 1.29 is 4.79 Å². The number of piperidine rings is 1. The topological polar surface area (TPSA) is 26.8 Å². The highest BCUT2D eigenvalue weighted by Gasteiger charge is 2.23. The predicted molar refractivity (Wildman–Crippen MR) is 138 cm³/mol. The molecule has 0 unspecified atom stereocenters. The zero-order valence-electron chi connectivity index (χ0n) is 20.3. The van der Waals surface area contributed by atoms with Gasteiger partial charge in [0.25, 0.3) is 0 Å². The molecular weight excluding hydrogens is 394 g/mol. The number of carbonyl (C=O) groups is 1. The molecule has 0 atom stereocenters. The maximum atomic E-state index is 12.8. The summed E-state index contributed by atoms with van der Waals surface area (Å²) in [6.45, 7) is 13.4. The molecule has 32 heavy (non-hydrogen) atoms. The summed E-state index contributed by atoms with van der Waals surface area (Å²) in [5.41, 5.74) is 6.83. The van der Waals surface area contributed by atoms with E-state index in [1.54, 1.807) is 0 Å². The zero-order chi connectivity index (χ0) is 23.1. The highest BCUT2D eigenvalue weighted by atomic mass is 16.2. The van der Waals surface area contributed by atoms with Crippen LogP contribution in [-0.2, 0) is 4.79 Å². The van der Waals surface area contributed by atoms with Crippen LogP contribution in [0.5, 0.6) is 0 Å². The number of likely N-dealkylation sites (N-methyl/N-ethyl adjacent to an activating group) is 1. The first-order valence-corrected chi connectivity index (χ1v) is 11.8. The molecule has 0 N–H and O–H groups in total. The molecule has 1 fully saturated rings.